The van der Waals surface area contributed by atoms with Crippen molar-refractivity contribution in [2.24, 2.45) is 0 Å². The Bertz CT molecular complexity index is 636. The number of methoxy groups -OCH3 is 1. The summed E-state index contributed by atoms with van der Waals surface area (Å²) in [5.41, 5.74) is 0.734. The van der Waals surface area contributed by atoms with Crippen molar-refractivity contribution in [3.05, 3.63) is 64.7 Å². The molecular weight excluding hydrogens is 281 g/mol. The second-order valence-corrected chi connectivity index (χ2v) is 4.75. The van der Waals surface area contributed by atoms with E-state index < -0.39 is 17.8 Å². The molecule has 0 spiro atoms. The maximum absolute atomic E-state index is 12.7. The third-order valence-corrected chi connectivity index (χ3v) is 3.30. The number of hydrogen-bond acceptors (Lipinski definition) is 2. The highest BCUT2D eigenvalue weighted by Crippen LogP contribution is 2.33. The van der Waals surface area contributed by atoms with Gasteiger partial charge in [-0.15, -0.1) is 0 Å². The molecule has 0 radical (unpaired) electrons. The molecule has 2 rings (SSSR count). The summed E-state index contributed by atoms with van der Waals surface area (Å²) in [5.74, 6) is 0.632. The van der Waals surface area contributed by atoms with Crippen LogP contribution in [0.15, 0.2) is 42.5 Å². The monoisotopic (exact) mass is 296 g/mol. The molecular formula is C16H15F3O2. The van der Waals surface area contributed by atoms with Gasteiger partial charge in [-0.3, -0.25) is 0 Å². The normalized spacial score (nSPS) is 13.0. The van der Waals surface area contributed by atoms with Crippen molar-refractivity contribution in [1.82, 2.24) is 0 Å². The number of aliphatic hydroxyl groups excluding tert-OH is 1. The molecule has 0 amide bonds. The van der Waals surface area contributed by atoms with Crippen LogP contribution in [0.3, 0.4) is 0 Å². The number of alkyl halides is 3. The summed E-state index contributed by atoms with van der Waals surface area (Å²) in [6.45, 7) is 1.77. The molecule has 2 aromatic carbocycles. The molecule has 112 valence electrons. The van der Waals surface area contributed by atoms with E-state index in [0.717, 1.165) is 17.7 Å². The van der Waals surface area contributed by atoms with Gasteiger partial charge in [-0.1, -0.05) is 18.2 Å². The van der Waals surface area contributed by atoms with Crippen molar-refractivity contribution in [3.8, 4) is 5.75 Å². The van der Waals surface area contributed by atoms with E-state index >= 15 is 0 Å². The molecule has 1 unspecified atom stereocenters. The van der Waals surface area contributed by atoms with E-state index in [1.165, 1.54) is 19.2 Å². The molecule has 1 N–H and O–H groups in total. The fraction of sp³-hybridized carbons (Fsp3) is 0.250. The van der Waals surface area contributed by atoms with Crippen molar-refractivity contribution in [1.29, 1.82) is 0 Å². The predicted molar refractivity (Wildman–Crippen MR) is 73.2 cm³/mol. The van der Waals surface area contributed by atoms with Crippen LogP contribution in [0.1, 0.15) is 28.4 Å². The molecule has 0 saturated carbocycles. The fourth-order valence-corrected chi connectivity index (χ4v) is 2.15. The Morgan fingerprint density at radius 3 is 2.38 bits per heavy atom. The van der Waals surface area contributed by atoms with Crippen molar-refractivity contribution in [3.63, 3.8) is 0 Å². The predicted octanol–water partition coefficient (Wildman–Crippen LogP) is 4.10. The molecule has 0 heterocycles. The highest BCUT2D eigenvalue weighted by Gasteiger charge is 2.31. The standard InChI is InChI=1S/C16H15F3O2/c1-10-8-13(21-2)6-7-14(10)15(20)11-4-3-5-12(9-11)16(17,18)19/h3-9,15,20H,1-2H3. The van der Waals surface area contributed by atoms with Crippen molar-refractivity contribution in [2.75, 3.05) is 7.11 Å². The minimum absolute atomic E-state index is 0.207. The summed E-state index contributed by atoms with van der Waals surface area (Å²) in [6, 6.07) is 9.76. The zero-order chi connectivity index (χ0) is 15.6. The van der Waals surface area contributed by atoms with E-state index in [-0.39, 0.29) is 5.56 Å². The van der Waals surface area contributed by atoms with Crippen LogP contribution in [0, 0.1) is 6.92 Å². The van der Waals surface area contributed by atoms with Gasteiger partial charge in [-0.2, -0.15) is 13.2 Å². The lowest BCUT2D eigenvalue weighted by atomic mass is 9.96. The van der Waals surface area contributed by atoms with E-state index in [1.54, 1.807) is 25.1 Å². The second-order valence-electron chi connectivity index (χ2n) is 4.75. The number of aryl methyl sites for hydroxylation is 1. The molecule has 0 aliphatic carbocycles. The Labute approximate surface area is 120 Å². The Kier molecular flexibility index (Phi) is 4.23. The van der Waals surface area contributed by atoms with E-state index in [4.69, 9.17) is 4.74 Å². The summed E-state index contributed by atoms with van der Waals surface area (Å²) >= 11 is 0. The summed E-state index contributed by atoms with van der Waals surface area (Å²) in [7, 11) is 1.53. The van der Waals surface area contributed by atoms with Crippen LogP contribution in [-0.4, -0.2) is 12.2 Å². The van der Waals surface area contributed by atoms with Gasteiger partial charge in [-0.05, 0) is 47.9 Å². The van der Waals surface area contributed by atoms with E-state index in [9.17, 15) is 18.3 Å². The molecule has 0 fully saturated rings. The first kappa shape index (κ1) is 15.4. The highest BCUT2D eigenvalue weighted by molar-refractivity contribution is 5.41. The number of hydrogen-bond donors (Lipinski definition) is 1. The average Bonchev–Trinajstić information content (AvgIpc) is 2.45. The zero-order valence-corrected chi connectivity index (χ0v) is 11.6. The van der Waals surface area contributed by atoms with Gasteiger partial charge in [0, 0.05) is 0 Å². The Morgan fingerprint density at radius 2 is 1.81 bits per heavy atom. The quantitative estimate of drug-likeness (QED) is 0.924. The molecule has 0 aromatic heterocycles. The van der Waals surface area contributed by atoms with Gasteiger partial charge in [0.1, 0.15) is 11.9 Å². The van der Waals surface area contributed by atoms with Crippen LogP contribution in [0.2, 0.25) is 0 Å². The molecule has 0 bridgehead atoms. The van der Waals surface area contributed by atoms with Gasteiger partial charge in [0.15, 0.2) is 0 Å². The van der Waals surface area contributed by atoms with Gasteiger partial charge < -0.3 is 9.84 Å². The lowest BCUT2D eigenvalue weighted by Crippen LogP contribution is -2.08. The third-order valence-electron chi connectivity index (χ3n) is 3.30. The summed E-state index contributed by atoms with van der Waals surface area (Å²) in [4.78, 5) is 0. The van der Waals surface area contributed by atoms with Crippen LogP contribution in [-0.2, 0) is 6.18 Å². The summed E-state index contributed by atoms with van der Waals surface area (Å²) in [6.07, 6.45) is -5.54. The smallest absolute Gasteiger partial charge is 0.416 e. The third kappa shape index (κ3) is 3.36. The summed E-state index contributed by atoms with van der Waals surface area (Å²) < 4.78 is 43.2. The van der Waals surface area contributed by atoms with Crippen molar-refractivity contribution < 1.29 is 23.0 Å². The Balaban J connectivity index is 2.38. The van der Waals surface area contributed by atoms with Gasteiger partial charge in [-0.25, -0.2) is 0 Å². The minimum Gasteiger partial charge on any atom is -0.497 e. The number of rotatable bonds is 3. The molecule has 0 aliphatic rings. The number of benzene rings is 2. The largest absolute Gasteiger partial charge is 0.497 e. The van der Waals surface area contributed by atoms with Crippen LogP contribution >= 0.6 is 0 Å². The van der Waals surface area contributed by atoms with Crippen molar-refractivity contribution >= 4 is 0 Å². The highest BCUT2D eigenvalue weighted by atomic mass is 19.4. The zero-order valence-electron chi connectivity index (χ0n) is 11.6. The van der Waals surface area contributed by atoms with Crippen LogP contribution in [0.5, 0.6) is 5.75 Å². The number of aliphatic hydroxyl groups is 1. The molecule has 1 atom stereocenters. The lowest BCUT2D eigenvalue weighted by Gasteiger charge is -2.16. The maximum Gasteiger partial charge on any atom is 0.416 e. The summed E-state index contributed by atoms with van der Waals surface area (Å²) in [5, 5.41) is 10.3. The first-order chi connectivity index (χ1) is 9.82. The Hall–Kier alpha value is -2.01. The van der Waals surface area contributed by atoms with E-state index in [2.05, 4.69) is 0 Å². The molecule has 0 aliphatic heterocycles. The van der Waals surface area contributed by atoms with Gasteiger partial charge in [0.25, 0.3) is 0 Å². The molecule has 5 heteroatoms. The fourth-order valence-electron chi connectivity index (χ4n) is 2.15. The van der Waals surface area contributed by atoms with Gasteiger partial charge in [0.05, 0.1) is 12.7 Å². The van der Waals surface area contributed by atoms with Crippen LogP contribution < -0.4 is 4.74 Å². The first-order valence-corrected chi connectivity index (χ1v) is 6.32. The van der Waals surface area contributed by atoms with E-state index in [1.807, 2.05) is 0 Å². The molecule has 2 aromatic rings. The van der Waals surface area contributed by atoms with Crippen LogP contribution in [0.25, 0.3) is 0 Å². The first-order valence-electron chi connectivity index (χ1n) is 6.32. The van der Waals surface area contributed by atoms with Gasteiger partial charge >= 0.3 is 6.18 Å². The average molecular weight is 296 g/mol. The SMILES string of the molecule is COc1ccc(C(O)c2cccc(C(F)(F)F)c2)c(C)c1. The van der Waals surface area contributed by atoms with Gasteiger partial charge in [0.2, 0.25) is 0 Å². The topological polar surface area (TPSA) is 29.5 Å². The Morgan fingerprint density at radius 1 is 1.10 bits per heavy atom. The molecule has 2 nitrogen and oxygen atoms in total. The van der Waals surface area contributed by atoms with Crippen LogP contribution in [0.4, 0.5) is 13.2 Å². The number of ether oxygens (including phenoxy) is 1. The lowest BCUT2D eigenvalue weighted by molar-refractivity contribution is -0.137. The molecule has 21 heavy (non-hydrogen) atoms. The minimum atomic E-state index is -4.43. The second kappa shape index (κ2) is 5.77. The maximum atomic E-state index is 12.7. The molecule has 0 saturated heterocycles. The van der Waals surface area contributed by atoms with E-state index in [0.29, 0.717) is 11.3 Å². The number of halogens is 3. The van der Waals surface area contributed by atoms with Crippen molar-refractivity contribution in [2.45, 2.75) is 19.2 Å².